The number of hydrogen-bond donors (Lipinski definition) is 3. The van der Waals surface area contributed by atoms with Crippen molar-refractivity contribution in [1.29, 1.82) is 0 Å². The Labute approximate surface area is 141 Å². The van der Waals surface area contributed by atoms with Gasteiger partial charge in [-0.2, -0.15) is 0 Å². The second-order valence-electron chi connectivity index (χ2n) is 6.69. The number of fused-ring (bicyclic) bond motifs is 2. The van der Waals surface area contributed by atoms with Crippen LogP contribution < -0.4 is 10.5 Å². The number of nitrogens with zero attached hydrogens (tertiary/aromatic N) is 1. The first kappa shape index (κ1) is 17.3. The van der Waals surface area contributed by atoms with Gasteiger partial charge in [0.15, 0.2) is 0 Å². The maximum atomic E-state index is 12.2. The molecule has 0 radical (unpaired) electrons. The third kappa shape index (κ3) is 2.95. The van der Waals surface area contributed by atoms with Crippen molar-refractivity contribution < 1.29 is 18.3 Å². The van der Waals surface area contributed by atoms with Gasteiger partial charge in [0.05, 0.1) is 24.9 Å². The predicted octanol–water partition coefficient (Wildman–Crippen LogP) is -0.530. The first-order valence-corrected chi connectivity index (χ1v) is 9.89. The standard InChI is InChI=1S/C16H23N3O4S/c1-24(22,23)18-10-13(20)19-8-6-16(7-9-19)12-5-3-2-4-11(12)14(17)15(16)21/h2-5,14-15,18,21H,6-10,17H2,1H3/t14-,15+/m1/s1. The zero-order valence-corrected chi connectivity index (χ0v) is 14.4. The number of rotatable bonds is 3. The molecule has 1 aromatic carbocycles. The van der Waals surface area contributed by atoms with Gasteiger partial charge in [-0.1, -0.05) is 24.3 Å². The van der Waals surface area contributed by atoms with Crippen LogP contribution in [0.4, 0.5) is 0 Å². The second kappa shape index (κ2) is 6.11. The molecule has 2 atom stereocenters. The van der Waals surface area contributed by atoms with Crippen LogP contribution in [0.1, 0.15) is 30.0 Å². The molecule has 1 amide bonds. The van der Waals surface area contributed by atoms with Gasteiger partial charge in [0.1, 0.15) is 0 Å². The summed E-state index contributed by atoms with van der Waals surface area (Å²) in [5.41, 5.74) is 7.81. The van der Waals surface area contributed by atoms with E-state index in [0.717, 1.165) is 17.4 Å². The Hall–Kier alpha value is -1.48. The summed E-state index contributed by atoms with van der Waals surface area (Å²) < 4.78 is 24.4. The molecule has 8 heteroatoms. The lowest BCUT2D eigenvalue weighted by Crippen LogP contribution is -2.51. The number of carbonyl (C=O) groups is 1. The fourth-order valence-corrected chi connectivity index (χ4v) is 4.32. The van der Waals surface area contributed by atoms with E-state index >= 15 is 0 Å². The van der Waals surface area contributed by atoms with Gasteiger partial charge in [-0.05, 0) is 24.0 Å². The zero-order chi connectivity index (χ0) is 17.5. The van der Waals surface area contributed by atoms with Gasteiger partial charge in [-0.25, -0.2) is 13.1 Å². The van der Waals surface area contributed by atoms with Crippen LogP contribution in [0.5, 0.6) is 0 Å². The monoisotopic (exact) mass is 353 g/mol. The third-order valence-electron chi connectivity index (χ3n) is 5.26. The summed E-state index contributed by atoms with van der Waals surface area (Å²) in [6.45, 7) is 0.718. The molecule has 1 saturated heterocycles. The normalized spacial score (nSPS) is 25.7. The minimum atomic E-state index is -3.39. The van der Waals surface area contributed by atoms with E-state index in [9.17, 15) is 18.3 Å². The zero-order valence-electron chi connectivity index (χ0n) is 13.6. The Kier molecular flexibility index (Phi) is 4.41. The lowest BCUT2D eigenvalue weighted by molar-refractivity contribution is -0.132. The van der Waals surface area contributed by atoms with Crippen LogP contribution in [-0.2, 0) is 20.2 Å². The van der Waals surface area contributed by atoms with Crippen LogP contribution >= 0.6 is 0 Å². The smallest absolute Gasteiger partial charge is 0.237 e. The SMILES string of the molecule is CS(=O)(=O)NCC(=O)N1CCC2(CC1)c1ccccc1[C@@H](N)[C@@H]2O. The molecule has 1 aliphatic carbocycles. The number of sulfonamides is 1. The Morgan fingerprint density at radius 2 is 2.00 bits per heavy atom. The van der Waals surface area contributed by atoms with E-state index in [0.29, 0.717) is 25.9 Å². The van der Waals surface area contributed by atoms with Crippen LogP contribution in [0, 0.1) is 0 Å². The highest BCUT2D eigenvalue weighted by Crippen LogP contribution is 2.49. The Morgan fingerprint density at radius 1 is 1.38 bits per heavy atom. The number of piperidine rings is 1. The molecule has 1 spiro atoms. The molecule has 7 nitrogen and oxygen atoms in total. The number of nitrogens with one attached hydrogen (secondary N) is 1. The maximum absolute atomic E-state index is 12.2. The van der Waals surface area contributed by atoms with Crippen molar-refractivity contribution in [2.24, 2.45) is 5.73 Å². The summed E-state index contributed by atoms with van der Waals surface area (Å²) in [6, 6.07) is 7.41. The Bertz CT molecular complexity index is 741. The highest BCUT2D eigenvalue weighted by atomic mass is 32.2. The lowest BCUT2D eigenvalue weighted by atomic mass is 9.72. The molecule has 0 aromatic heterocycles. The van der Waals surface area contributed by atoms with E-state index in [1.165, 1.54) is 0 Å². The number of amides is 1. The molecule has 1 aromatic rings. The number of hydrogen-bond acceptors (Lipinski definition) is 5. The Balaban J connectivity index is 1.72. The van der Waals surface area contributed by atoms with Gasteiger partial charge in [0, 0.05) is 18.5 Å². The summed E-state index contributed by atoms with van der Waals surface area (Å²) in [7, 11) is -3.39. The van der Waals surface area contributed by atoms with Crippen LogP contribution in [-0.4, -0.2) is 56.3 Å². The summed E-state index contributed by atoms with van der Waals surface area (Å²) in [5.74, 6) is -0.250. The average molecular weight is 353 g/mol. The molecule has 2 aliphatic rings. The minimum Gasteiger partial charge on any atom is -0.390 e. The number of benzene rings is 1. The molecule has 24 heavy (non-hydrogen) atoms. The van der Waals surface area contributed by atoms with Crippen molar-refractivity contribution in [2.75, 3.05) is 25.9 Å². The molecule has 0 bridgehead atoms. The fourth-order valence-electron chi connectivity index (χ4n) is 3.94. The van der Waals surface area contributed by atoms with Crippen LogP contribution in [0.2, 0.25) is 0 Å². The summed E-state index contributed by atoms with van der Waals surface area (Å²) in [5, 5.41) is 10.7. The van der Waals surface area contributed by atoms with Crippen LogP contribution in [0.15, 0.2) is 24.3 Å². The van der Waals surface area contributed by atoms with Gasteiger partial charge in [-0.3, -0.25) is 4.79 Å². The minimum absolute atomic E-state index is 0.232. The number of aliphatic hydroxyl groups is 1. The molecule has 4 N–H and O–H groups in total. The van der Waals surface area contributed by atoms with E-state index in [1.807, 2.05) is 24.3 Å². The van der Waals surface area contributed by atoms with Gasteiger partial charge in [0.2, 0.25) is 15.9 Å². The van der Waals surface area contributed by atoms with E-state index in [4.69, 9.17) is 5.73 Å². The van der Waals surface area contributed by atoms with Gasteiger partial charge >= 0.3 is 0 Å². The maximum Gasteiger partial charge on any atom is 0.237 e. The molecular weight excluding hydrogens is 330 g/mol. The van der Waals surface area contributed by atoms with Crippen molar-refractivity contribution in [3.8, 4) is 0 Å². The summed E-state index contributed by atoms with van der Waals surface area (Å²) in [4.78, 5) is 13.8. The van der Waals surface area contributed by atoms with Gasteiger partial charge in [-0.15, -0.1) is 0 Å². The molecule has 1 aliphatic heterocycles. The molecule has 132 valence electrons. The van der Waals surface area contributed by atoms with Gasteiger partial charge < -0.3 is 15.7 Å². The average Bonchev–Trinajstić information content (AvgIpc) is 2.76. The summed E-state index contributed by atoms with van der Waals surface area (Å²) in [6.07, 6.45) is 1.59. The molecule has 3 rings (SSSR count). The molecule has 0 saturated carbocycles. The number of nitrogens with two attached hydrogens (primary N) is 1. The molecule has 0 unspecified atom stereocenters. The summed E-state index contributed by atoms with van der Waals surface area (Å²) >= 11 is 0. The highest BCUT2D eigenvalue weighted by Gasteiger charge is 2.51. The van der Waals surface area contributed by atoms with Crippen molar-refractivity contribution in [3.05, 3.63) is 35.4 Å². The predicted molar refractivity (Wildman–Crippen MR) is 89.7 cm³/mol. The number of likely N-dealkylation sites (tertiary alicyclic amines) is 1. The third-order valence-corrected chi connectivity index (χ3v) is 5.93. The fraction of sp³-hybridized carbons (Fsp3) is 0.562. The second-order valence-corrected chi connectivity index (χ2v) is 8.52. The van der Waals surface area contributed by atoms with Gasteiger partial charge in [0.25, 0.3) is 0 Å². The molecule has 1 heterocycles. The molecular formula is C16H23N3O4S. The van der Waals surface area contributed by atoms with Crippen molar-refractivity contribution in [3.63, 3.8) is 0 Å². The largest absolute Gasteiger partial charge is 0.390 e. The van der Waals surface area contributed by atoms with Crippen LogP contribution in [0.25, 0.3) is 0 Å². The number of carbonyl (C=O) groups excluding carboxylic acids is 1. The van der Waals surface area contributed by atoms with Crippen molar-refractivity contribution in [2.45, 2.75) is 30.4 Å². The van der Waals surface area contributed by atoms with E-state index in [2.05, 4.69) is 4.72 Å². The van der Waals surface area contributed by atoms with E-state index in [1.54, 1.807) is 4.90 Å². The lowest BCUT2D eigenvalue weighted by Gasteiger charge is -2.42. The van der Waals surface area contributed by atoms with E-state index < -0.39 is 27.6 Å². The Morgan fingerprint density at radius 3 is 2.62 bits per heavy atom. The number of aliphatic hydroxyl groups excluding tert-OH is 1. The molecule has 1 fully saturated rings. The van der Waals surface area contributed by atoms with Crippen molar-refractivity contribution >= 4 is 15.9 Å². The van der Waals surface area contributed by atoms with Crippen LogP contribution in [0.3, 0.4) is 0 Å². The van der Waals surface area contributed by atoms with Crippen molar-refractivity contribution in [1.82, 2.24) is 9.62 Å². The highest BCUT2D eigenvalue weighted by molar-refractivity contribution is 7.88. The quantitative estimate of drug-likeness (QED) is 0.676. The van der Waals surface area contributed by atoms with E-state index in [-0.39, 0.29) is 12.5 Å². The first-order valence-electron chi connectivity index (χ1n) is 8.00. The topological polar surface area (TPSA) is 113 Å². The first-order chi connectivity index (χ1) is 11.2.